The molecule has 5 aliphatic heterocycles. The third kappa shape index (κ3) is 7.71. The van der Waals surface area contributed by atoms with E-state index in [9.17, 15) is 5.11 Å². The molecule has 3 fully saturated rings. The van der Waals surface area contributed by atoms with E-state index in [4.69, 9.17) is 18.9 Å². The van der Waals surface area contributed by atoms with Gasteiger partial charge in [0.15, 0.2) is 11.5 Å². The highest BCUT2D eigenvalue weighted by Crippen LogP contribution is 2.65. The Hall–Kier alpha value is -6.91. The zero-order valence-corrected chi connectivity index (χ0v) is 37.1. The normalized spacial score (nSPS) is 25.4. The zero-order chi connectivity index (χ0) is 45.5. The predicted octanol–water partition coefficient (Wildman–Crippen LogP) is 7.25. The lowest BCUT2D eigenvalue weighted by molar-refractivity contribution is -0.179. The lowest BCUT2D eigenvalue weighted by Gasteiger charge is -2.46. The first kappa shape index (κ1) is 42.7. The molecule has 5 heterocycles. The molecule has 67 heavy (non-hydrogen) atoms. The number of aliphatic hydroxyl groups is 1. The van der Waals surface area contributed by atoms with E-state index in [2.05, 4.69) is 33.0 Å². The highest BCUT2D eigenvalue weighted by atomic mass is 16.7. The Morgan fingerprint density at radius 2 is 1.55 bits per heavy atom. The summed E-state index contributed by atoms with van der Waals surface area (Å²) < 4.78 is 23.7. The smallest absolute Gasteiger partial charge is 0.324 e. The minimum Gasteiger partial charge on any atom is -0.491 e. The van der Waals surface area contributed by atoms with Crippen LogP contribution in [0.3, 0.4) is 0 Å². The molecule has 0 unspecified atom stereocenters. The molecule has 12 nitrogen and oxygen atoms in total. The molecule has 5 aromatic carbocycles. The number of piperazine rings is 1. The van der Waals surface area contributed by atoms with E-state index in [1.165, 1.54) is 0 Å². The molecule has 6 aliphatic rings. The molecule has 0 aromatic heterocycles. The Balaban J connectivity index is 1.07. The van der Waals surface area contributed by atoms with Gasteiger partial charge < -0.3 is 34.3 Å². The van der Waals surface area contributed by atoms with Crippen molar-refractivity contribution < 1.29 is 38.4 Å². The van der Waals surface area contributed by atoms with E-state index in [0.29, 0.717) is 55.3 Å². The number of carbonyl (C=O) groups excluding carboxylic acids is 3. The predicted molar refractivity (Wildman–Crippen MR) is 250 cm³/mol. The summed E-state index contributed by atoms with van der Waals surface area (Å²) in [7, 11) is 0. The number of anilines is 1. The van der Waals surface area contributed by atoms with E-state index in [1.54, 1.807) is 0 Å². The fourth-order valence-corrected chi connectivity index (χ4v) is 11.3. The van der Waals surface area contributed by atoms with Crippen molar-refractivity contribution in [2.45, 2.75) is 61.9 Å². The molecule has 2 amide bonds. The van der Waals surface area contributed by atoms with Crippen molar-refractivity contribution in [3.8, 4) is 29.1 Å². The number of ether oxygens (including phenoxy) is 4. The largest absolute Gasteiger partial charge is 0.491 e. The average molecular weight is 897 g/mol. The highest BCUT2D eigenvalue weighted by molar-refractivity contribution is 6.12. The summed E-state index contributed by atoms with van der Waals surface area (Å²) in [6.07, 6.45) is 5.58. The number of nitrogens with one attached hydrogen (secondary N) is 1. The van der Waals surface area contributed by atoms with Crippen LogP contribution in [0.15, 0.2) is 133 Å². The number of allylic oxidation sites excluding steroid dienone is 2. The second kappa shape index (κ2) is 18.1. The zero-order valence-electron chi connectivity index (χ0n) is 37.1. The van der Waals surface area contributed by atoms with Crippen LogP contribution in [0.5, 0.6) is 17.2 Å². The van der Waals surface area contributed by atoms with Gasteiger partial charge in [0.1, 0.15) is 29.9 Å². The topological polar surface area (TPSA) is 130 Å². The third-order valence-corrected chi connectivity index (χ3v) is 14.3. The molecule has 0 saturated carbocycles. The lowest BCUT2D eigenvalue weighted by Crippen LogP contribution is -2.58. The number of nitrogens with zero attached hydrogens (tertiary/aromatic N) is 3. The maximum absolute atomic E-state index is 16.1. The molecule has 1 aliphatic carbocycles. The molecule has 340 valence electrons. The van der Waals surface area contributed by atoms with Crippen molar-refractivity contribution in [2.24, 2.45) is 5.92 Å². The van der Waals surface area contributed by atoms with Crippen LogP contribution in [0.2, 0.25) is 0 Å². The van der Waals surface area contributed by atoms with Crippen LogP contribution in [0.1, 0.15) is 77.3 Å². The summed E-state index contributed by atoms with van der Waals surface area (Å²) in [4.78, 5) is 53.4. The molecule has 1 spiro atoms. The minimum atomic E-state index is -1.63. The summed E-state index contributed by atoms with van der Waals surface area (Å²) in [6, 6.07) is 36.2. The number of rotatable bonds is 9. The highest BCUT2D eigenvalue weighted by Gasteiger charge is 2.74. The van der Waals surface area contributed by atoms with Crippen LogP contribution in [0, 0.1) is 17.8 Å². The Bertz CT molecular complexity index is 2780. The number of esters is 1. The number of fused-ring (bicyclic) bond motifs is 4. The number of amides is 2. The number of cyclic esters (lactones) is 1. The van der Waals surface area contributed by atoms with Crippen molar-refractivity contribution in [3.63, 3.8) is 0 Å². The Morgan fingerprint density at radius 1 is 0.791 bits per heavy atom. The van der Waals surface area contributed by atoms with Gasteiger partial charge in [0.05, 0.1) is 24.6 Å². The third-order valence-electron chi connectivity index (χ3n) is 14.3. The van der Waals surface area contributed by atoms with Crippen molar-refractivity contribution >= 4 is 23.5 Å². The summed E-state index contributed by atoms with van der Waals surface area (Å²) in [5.74, 6) is 6.41. The van der Waals surface area contributed by atoms with Crippen LogP contribution in [-0.4, -0.2) is 89.8 Å². The van der Waals surface area contributed by atoms with Gasteiger partial charge >= 0.3 is 5.97 Å². The van der Waals surface area contributed by atoms with Crippen LogP contribution < -0.4 is 19.5 Å². The van der Waals surface area contributed by atoms with Gasteiger partial charge in [-0.2, -0.15) is 0 Å². The van der Waals surface area contributed by atoms with Gasteiger partial charge in [-0.1, -0.05) is 96.8 Å². The van der Waals surface area contributed by atoms with E-state index in [-0.39, 0.29) is 31.8 Å². The maximum Gasteiger partial charge on any atom is 0.324 e. The average Bonchev–Trinajstić information content (AvgIpc) is 4.06. The summed E-state index contributed by atoms with van der Waals surface area (Å²) >= 11 is 0. The van der Waals surface area contributed by atoms with Gasteiger partial charge in [-0.25, -0.2) is 0 Å². The number of benzene rings is 5. The Kier molecular flexibility index (Phi) is 11.5. The van der Waals surface area contributed by atoms with Gasteiger partial charge in [0.25, 0.3) is 0 Å². The van der Waals surface area contributed by atoms with Gasteiger partial charge in [-0.3, -0.25) is 24.2 Å². The monoisotopic (exact) mass is 896 g/mol. The van der Waals surface area contributed by atoms with Crippen molar-refractivity contribution in [1.82, 2.24) is 14.7 Å². The fourth-order valence-electron chi connectivity index (χ4n) is 11.3. The molecule has 0 radical (unpaired) electrons. The van der Waals surface area contributed by atoms with Gasteiger partial charge in [-0.05, 0) is 102 Å². The first-order valence-corrected chi connectivity index (χ1v) is 23.4. The van der Waals surface area contributed by atoms with Gasteiger partial charge in [-0.15, -0.1) is 0 Å². The number of hydrogen-bond acceptors (Lipinski definition) is 10. The summed E-state index contributed by atoms with van der Waals surface area (Å²) in [5, 5.41) is 12.8. The second-order valence-corrected chi connectivity index (χ2v) is 18.1. The summed E-state index contributed by atoms with van der Waals surface area (Å²) in [5.41, 5.74) is 4.85. The fraction of sp³-hybridized carbons (Fsp3) is 0.327. The number of morpholine rings is 1. The van der Waals surface area contributed by atoms with E-state index in [1.807, 2.05) is 126 Å². The van der Waals surface area contributed by atoms with Crippen molar-refractivity contribution in [2.75, 3.05) is 51.5 Å². The number of hydrogen-bond donors (Lipinski definition) is 2. The van der Waals surface area contributed by atoms with Crippen molar-refractivity contribution in [1.29, 1.82) is 0 Å². The number of aliphatic hydroxyl groups excluding tert-OH is 1. The lowest BCUT2D eigenvalue weighted by atomic mass is 9.65. The van der Waals surface area contributed by atoms with Crippen LogP contribution >= 0.6 is 0 Å². The SMILES string of the molecule is O=C1O[C@H](c2ccccc2)[C@H](c2ccccc2)N2[C@H]1[C@@H](C(=O)N1CCN(Cc3ccc4c(c3)OCO4)CC1)[C@]1(C(=O)Nc3ccc(C#CC4=CCCCC4)cc31)[C@H]2c1ccc(OCCO)cc1. The molecular formula is C55H52N4O8. The standard InChI is InChI=1S/C55H52N4O8/c60-30-31-64-42-22-20-41(21-23-42)51-55(43-32-37(18-24-44(43)56-54(55)63)17-16-36-10-4-1-5-11-36)47(52(61)58-28-26-57(27-29-58)34-38-19-25-45-46(33-38)66-35-65-45)49-53(62)67-50(40-14-8-3-9-15-40)48(59(49)51)39-12-6-2-7-13-39/h2-3,6-10,12-15,18-25,32-33,47-51,60H,1,4-5,11,26-31,34-35H2,(H,56,63)/t47-,48-,49-,50+,51+,55-/m0/s1. The molecule has 12 heteroatoms. The van der Waals surface area contributed by atoms with Crippen LogP contribution in [-0.2, 0) is 31.1 Å². The molecule has 5 aromatic rings. The van der Waals surface area contributed by atoms with E-state index < -0.39 is 41.5 Å². The van der Waals surface area contributed by atoms with Gasteiger partial charge in [0, 0.05) is 44.0 Å². The molecular weight excluding hydrogens is 845 g/mol. The molecule has 0 bridgehead atoms. The Labute approximate surface area is 390 Å². The Morgan fingerprint density at radius 3 is 2.30 bits per heavy atom. The molecule has 2 N–H and O–H groups in total. The van der Waals surface area contributed by atoms with Crippen LogP contribution in [0.4, 0.5) is 5.69 Å². The molecule has 6 atom stereocenters. The van der Waals surface area contributed by atoms with Gasteiger partial charge in [0.2, 0.25) is 18.6 Å². The number of carbonyl (C=O) groups is 3. The maximum atomic E-state index is 16.1. The minimum absolute atomic E-state index is 0.110. The van der Waals surface area contributed by atoms with Crippen LogP contribution in [0.25, 0.3) is 0 Å². The quantitative estimate of drug-likeness (QED) is 0.115. The van der Waals surface area contributed by atoms with E-state index >= 15 is 14.4 Å². The first-order valence-electron chi connectivity index (χ1n) is 23.4. The first-order chi connectivity index (χ1) is 32.9. The van der Waals surface area contributed by atoms with E-state index in [0.717, 1.165) is 65.0 Å². The molecule has 11 rings (SSSR count). The van der Waals surface area contributed by atoms with Crippen molar-refractivity contribution in [3.05, 3.63) is 166 Å². The molecule has 3 saturated heterocycles. The summed E-state index contributed by atoms with van der Waals surface area (Å²) in [6.45, 7) is 2.77. The second-order valence-electron chi connectivity index (χ2n) is 18.1.